The first-order valence-electron chi connectivity index (χ1n) is 12.6. The minimum Gasteiger partial charge on any atom is -0.355 e. The van der Waals surface area contributed by atoms with Gasteiger partial charge in [-0.05, 0) is 80.3 Å². The summed E-state index contributed by atoms with van der Waals surface area (Å²) >= 11 is 6.52. The first-order valence-corrected chi connectivity index (χ1v) is 13.0. The van der Waals surface area contributed by atoms with Crippen molar-refractivity contribution < 1.29 is 18.7 Å². The molecule has 0 bridgehead atoms. The Morgan fingerprint density at radius 1 is 1.11 bits per heavy atom. The number of benzene rings is 3. The van der Waals surface area contributed by atoms with Gasteiger partial charge in [0.1, 0.15) is 11.5 Å². The molecule has 196 valence electrons. The van der Waals surface area contributed by atoms with Gasteiger partial charge in [0, 0.05) is 34.7 Å². The fourth-order valence-corrected chi connectivity index (χ4v) is 4.57. The summed E-state index contributed by atoms with van der Waals surface area (Å²) in [5.74, 6) is -0.496. The molecule has 5 rings (SSSR count). The summed E-state index contributed by atoms with van der Waals surface area (Å²) < 4.78 is 26.3. The molecular formula is C29H28ClFN4O3. The Labute approximate surface area is 225 Å². The highest BCUT2D eigenvalue weighted by Crippen LogP contribution is 2.28. The zero-order chi connectivity index (χ0) is 26.5. The van der Waals surface area contributed by atoms with Crippen molar-refractivity contribution in [3.05, 3.63) is 94.4 Å². The van der Waals surface area contributed by atoms with Crippen LogP contribution in [-0.4, -0.2) is 40.3 Å². The zero-order valence-corrected chi connectivity index (χ0v) is 21.7. The zero-order valence-electron chi connectivity index (χ0n) is 21.0. The van der Waals surface area contributed by atoms with E-state index in [9.17, 15) is 9.18 Å². The van der Waals surface area contributed by atoms with Gasteiger partial charge in [0.2, 0.25) is 0 Å². The Bertz CT molecular complexity index is 1420. The molecule has 3 aromatic carbocycles. The molecule has 1 saturated heterocycles. The first-order chi connectivity index (χ1) is 18.5. The molecule has 1 N–H and O–H groups in total. The number of nitrogens with zero attached hydrogens (tertiary/aromatic N) is 3. The van der Waals surface area contributed by atoms with Crippen LogP contribution in [0.25, 0.3) is 11.3 Å². The number of carbonyl (C=O) groups is 1. The van der Waals surface area contributed by atoms with Gasteiger partial charge in [0.25, 0.3) is 0 Å². The fourth-order valence-electron chi connectivity index (χ4n) is 4.31. The summed E-state index contributed by atoms with van der Waals surface area (Å²) in [5, 5.41) is 12.0. The van der Waals surface area contributed by atoms with Crippen LogP contribution in [0.1, 0.15) is 40.7 Å². The SMILES string of the molecule is Cc1ccc(-c2cn(CCOC3CCCCO3)nn2)cc1C(=O)c1ccc(Nc2ccc(F)cc2)cc1Cl. The first kappa shape index (κ1) is 26.0. The third-order valence-electron chi connectivity index (χ3n) is 6.43. The average Bonchev–Trinajstić information content (AvgIpc) is 3.40. The van der Waals surface area contributed by atoms with Crippen LogP contribution in [0.15, 0.2) is 66.9 Å². The number of ketones is 1. The standard InChI is InChI=1S/C29H28ClFN4O3/c1-19-5-6-20(27-18-35(34-33-27)13-15-38-28-4-2-3-14-37-28)16-25(19)29(36)24-12-11-23(17-26(24)30)32-22-9-7-21(31)8-10-22/h5-12,16-18,28,32H,2-4,13-15H2,1H3. The van der Waals surface area contributed by atoms with Crippen molar-refractivity contribution >= 4 is 28.8 Å². The molecule has 0 saturated carbocycles. The summed E-state index contributed by atoms with van der Waals surface area (Å²) in [4.78, 5) is 13.5. The van der Waals surface area contributed by atoms with Gasteiger partial charge in [-0.2, -0.15) is 0 Å². The topological polar surface area (TPSA) is 78.3 Å². The van der Waals surface area contributed by atoms with Gasteiger partial charge in [-0.1, -0.05) is 28.9 Å². The van der Waals surface area contributed by atoms with Crippen LogP contribution in [-0.2, 0) is 16.0 Å². The molecular weight excluding hydrogens is 507 g/mol. The number of anilines is 2. The van der Waals surface area contributed by atoms with E-state index in [0.717, 1.165) is 37.0 Å². The fraction of sp³-hybridized carbons (Fsp3) is 0.276. The maximum atomic E-state index is 13.5. The number of hydrogen-bond donors (Lipinski definition) is 1. The predicted molar refractivity (Wildman–Crippen MR) is 144 cm³/mol. The summed E-state index contributed by atoms with van der Waals surface area (Å²) in [6.07, 6.45) is 4.82. The maximum Gasteiger partial charge on any atom is 0.194 e. The lowest BCUT2D eigenvalue weighted by atomic mass is 9.96. The van der Waals surface area contributed by atoms with E-state index in [0.29, 0.717) is 46.4 Å². The largest absolute Gasteiger partial charge is 0.355 e. The van der Waals surface area contributed by atoms with E-state index in [2.05, 4.69) is 15.6 Å². The van der Waals surface area contributed by atoms with Gasteiger partial charge in [-0.15, -0.1) is 5.10 Å². The van der Waals surface area contributed by atoms with Crippen molar-refractivity contribution in [1.82, 2.24) is 15.0 Å². The van der Waals surface area contributed by atoms with Crippen molar-refractivity contribution in [3.63, 3.8) is 0 Å². The van der Waals surface area contributed by atoms with Crippen LogP contribution in [0, 0.1) is 12.7 Å². The van der Waals surface area contributed by atoms with Crippen LogP contribution < -0.4 is 5.32 Å². The summed E-state index contributed by atoms with van der Waals surface area (Å²) in [6.45, 7) is 3.67. The third kappa shape index (κ3) is 6.27. The lowest BCUT2D eigenvalue weighted by Gasteiger charge is -2.22. The molecule has 0 amide bonds. The minimum absolute atomic E-state index is 0.142. The van der Waals surface area contributed by atoms with Crippen molar-refractivity contribution in [2.45, 2.75) is 39.0 Å². The van der Waals surface area contributed by atoms with Gasteiger partial charge < -0.3 is 14.8 Å². The smallest absolute Gasteiger partial charge is 0.194 e. The quantitative estimate of drug-likeness (QED) is 0.245. The molecule has 38 heavy (non-hydrogen) atoms. The summed E-state index contributed by atoms with van der Waals surface area (Å²) in [6, 6.07) is 16.8. The highest BCUT2D eigenvalue weighted by molar-refractivity contribution is 6.35. The van der Waals surface area contributed by atoms with Crippen molar-refractivity contribution in [1.29, 1.82) is 0 Å². The predicted octanol–water partition coefficient (Wildman–Crippen LogP) is 6.56. The van der Waals surface area contributed by atoms with E-state index in [4.69, 9.17) is 21.1 Å². The van der Waals surface area contributed by atoms with Crippen LogP contribution in [0.4, 0.5) is 15.8 Å². The lowest BCUT2D eigenvalue weighted by molar-refractivity contribution is -0.163. The number of aryl methyl sites for hydroxylation is 1. The van der Waals surface area contributed by atoms with Crippen molar-refractivity contribution in [2.75, 3.05) is 18.5 Å². The minimum atomic E-state index is -0.312. The second-order valence-corrected chi connectivity index (χ2v) is 9.63. The lowest BCUT2D eigenvalue weighted by Crippen LogP contribution is -2.24. The molecule has 0 radical (unpaired) electrons. The normalized spacial score (nSPS) is 15.4. The van der Waals surface area contributed by atoms with E-state index in [-0.39, 0.29) is 17.9 Å². The Kier molecular flexibility index (Phi) is 8.12. The molecule has 9 heteroatoms. The molecule has 7 nitrogen and oxygen atoms in total. The van der Waals surface area contributed by atoms with Crippen LogP contribution >= 0.6 is 11.6 Å². The van der Waals surface area contributed by atoms with E-state index in [1.54, 1.807) is 35.0 Å². The van der Waals surface area contributed by atoms with Crippen molar-refractivity contribution in [3.8, 4) is 11.3 Å². The van der Waals surface area contributed by atoms with Gasteiger partial charge in [-0.25, -0.2) is 9.07 Å². The summed E-state index contributed by atoms with van der Waals surface area (Å²) in [5.41, 5.74) is 4.62. The molecule has 1 aromatic heterocycles. The summed E-state index contributed by atoms with van der Waals surface area (Å²) in [7, 11) is 0. The van der Waals surface area contributed by atoms with Crippen LogP contribution in [0.3, 0.4) is 0 Å². The molecule has 1 unspecified atom stereocenters. The second kappa shape index (κ2) is 11.9. The van der Waals surface area contributed by atoms with Gasteiger partial charge >= 0.3 is 0 Å². The highest BCUT2D eigenvalue weighted by atomic mass is 35.5. The maximum absolute atomic E-state index is 13.5. The second-order valence-electron chi connectivity index (χ2n) is 9.22. The number of rotatable bonds is 9. The molecule has 1 aliphatic heterocycles. The highest BCUT2D eigenvalue weighted by Gasteiger charge is 2.18. The molecule has 0 spiro atoms. The molecule has 1 fully saturated rings. The monoisotopic (exact) mass is 534 g/mol. The number of hydrogen-bond acceptors (Lipinski definition) is 6. The number of carbonyl (C=O) groups excluding carboxylic acids is 1. The Balaban J connectivity index is 1.27. The number of halogens is 2. The molecule has 0 aliphatic carbocycles. The van der Waals surface area contributed by atoms with Crippen LogP contribution in [0.2, 0.25) is 5.02 Å². The third-order valence-corrected chi connectivity index (χ3v) is 6.74. The number of ether oxygens (including phenoxy) is 2. The molecule has 1 aliphatic rings. The Morgan fingerprint density at radius 3 is 2.68 bits per heavy atom. The van der Waals surface area contributed by atoms with E-state index < -0.39 is 0 Å². The van der Waals surface area contributed by atoms with Crippen LogP contribution in [0.5, 0.6) is 0 Å². The Morgan fingerprint density at radius 2 is 1.92 bits per heavy atom. The van der Waals surface area contributed by atoms with E-state index in [1.807, 2.05) is 31.3 Å². The molecule has 2 heterocycles. The average molecular weight is 535 g/mol. The van der Waals surface area contributed by atoms with Gasteiger partial charge in [0.05, 0.1) is 24.4 Å². The molecule has 1 atom stereocenters. The number of aromatic nitrogens is 3. The van der Waals surface area contributed by atoms with E-state index in [1.165, 1.54) is 12.1 Å². The number of nitrogens with one attached hydrogen (secondary N) is 1. The van der Waals surface area contributed by atoms with Crippen molar-refractivity contribution in [2.24, 2.45) is 0 Å². The molecule has 4 aromatic rings. The van der Waals surface area contributed by atoms with Gasteiger partial charge in [-0.3, -0.25) is 4.79 Å². The van der Waals surface area contributed by atoms with E-state index >= 15 is 0 Å². The Hall–Kier alpha value is -3.59. The van der Waals surface area contributed by atoms with Gasteiger partial charge in [0.15, 0.2) is 12.1 Å².